The molecule has 0 amide bonds. The normalized spacial score (nSPS) is 10.8. The summed E-state index contributed by atoms with van der Waals surface area (Å²) >= 11 is 0. The molecule has 80 valence electrons. The molecule has 0 radical (unpaired) electrons. The molecule has 15 heavy (non-hydrogen) atoms. The molecular weight excluding hydrogens is 201 g/mol. The lowest BCUT2D eigenvalue weighted by Gasteiger charge is -2.05. The number of carbonyl (C=O) groups is 1. The number of carboxylic acids is 1. The topological polar surface area (TPSA) is 83.5 Å². The second-order valence-corrected chi connectivity index (χ2v) is 2.85. The van der Waals surface area contributed by atoms with Gasteiger partial charge < -0.3 is 15.9 Å². The van der Waals surface area contributed by atoms with Crippen LogP contribution < -0.4 is 5.73 Å². The number of halogens is 1. The number of rotatable bonds is 3. The fourth-order valence-corrected chi connectivity index (χ4v) is 1.13. The lowest BCUT2D eigenvalue weighted by Crippen LogP contribution is -2.05. The summed E-state index contributed by atoms with van der Waals surface area (Å²) in [5, 5.41) is 17.2. The van der Waals surface area contributed by atoms with Crippen LogP contribution in [0, 0.1) is 5.82 Å². The summed E-state index contributed by atoms with van der Waals surface area (Å²) in [7, 11) is 0. The van der Waals surface area contributed by atoms with Crippen LogP contribution in [0.3, 0.4) is 0 Å². The maximum Gasteiger partial charge on any atom is 0.337 e. The summed E-state index contributed by atoms with van der Waals surface area (Å²) < 4.78 is 13.0. The Bertz CT molecular complexity index is 415. The molecule has 0 aromatic heterocycles. The molecule has 5 heteroatoms. The molecule has 0 heterocycles. The average molecular weight is 211 g/mol. The molecule has 0 fully saturated rings. The Morgan fingerprint density at radius 2 is 2.20 bits per heavy atom. The number of anilines is 1. The summed E-state index contributed by atoms with van der Waals surface area (Å²) in [5.74, 6) is -1.97. The van der Waals surface area contributed by atoms with E-state index in [2.05, 4.69) is 0 Å². The molecule has 1 rings (SSSR count). The summed E-state index contributed by atoms with van der Waals surface area (Å²) in [6, 6.07) is 1.96. The highest BCUT2D eigenvalue weighted by Crippen LogP contribution is 2.21. The smallest absolute Gasteiger partial charge is 0.337 e. The quantitative estimate of drug-likeness (QED) is 0.654. The number of carboxylic acid groups (broad SMARTS) is 1. The summed E-state index contributed by atoms with van der Waals surface area (Å²) in [4.78, 5) is 10.7. The molecule has 1 aromatic rings. The van der Waals surface area contributed by atoms with Crippen LogP contribution in [0.25, 0.3) is 6.08 Å². The van der Waals surface area contributed by atoms with Crippen molar-refractivity contribution in [2.75, 3.05) is 12.3 Å². The maximum absolute atomic E-state index is 13.0. The molecule has 0 aliphatic heterocycles. The van der Waals surface area contributed by atoms with Gasteiger partial charge in [-0.1, -0.05) is 12.2 Å². The lowest BCUT2D eigenvalue weighted by molar-refractivity contribution is 0.0697. The van der Waals surface area contributed by atoms with E-state index in [0.717, 1.165) is 12.1 Å². The van der Waals surface area contributed by atoms with Crippen molar-refractivity contribution in [3.8, 4) is 0 Å². The van der Waals surface area contributed by atoms with Crippen molar-refractivity contribution in [3.05, 3.63) is 35.2 Å². The van der Waals surface area contributed by atoms with E-state index in [1.54, 1.807) is 0 Å². The first-order valence-corrected chi connectivity index (χ1v) is 4.16. The monoisotopic (exact) mass is 211 g/mol. The third-order valence-corrected chi connectivity index (χ3v) is 1.81. The van der Waals surface area contributed by atoms with Gasteiger partial charge in [0, 0.05) is 5.56 Å². The fourth-order valence-electron chi connectivity index (χ4n) is 1.13. The first-order valence-electron chi connectivity index (χ1n) is 4.16. The van der Waals surface area contributed by atoms with Gasteiger partial charge in [0.2, 0.25) is 0 Å². The zero-order valence-corrected chi connectivity index (χ0v) is 7.77. The van der Waals surface area contributed by atoms with Crippen LogP contribution in [-0.4, -0.2) is 22.8 Å². The number of aromatic carboxylic acids is 1. The predicted octanol–water partition coefficient (Wildman–Crippen LogP) is 1.11. The molecule has 0 unspecified atom stereocenters. The van der Waals surface area contributed by atoms with Gasteiger partial charge in [-0.25, -0.2) is 9.18 Å². The first-order chi connectivity index (χ1) is 7.06. The van der Waals surface area contributed by atoms with E-state index in [0.29, 0.717) is 0 Å². The average Bonchev–Trinajstić information content (AvgIpc) is 2.18. The highest BCUT2D eigenvalue weighted by Gasteiger charge is 2.12. The summed E-state index contributed by atoms with van der Waals surface area (Å²) in [6.45, 7) is -0.224. The Kier molecular flexibility index (Phi) is 3.41. The third kappa shape index (κ3) is 2.54. The van der Waals surface area contributed by atoms with Crippen LogP contribution in [0.4, 0.5) is 10.1 Å². The number of benzene rings is 1. The summed E-state index contributed by atoms with van der Waals surface area (Å²) in [5.41, 5.74) is 5.45. The second-order valence-electron chi connectivity index (χ2n) is 2.85. The van der Waals surface area contributed by atoms with E-state index in [9.17, 15) is 9.18 Å². The number of hydrogen-bond donors (Lipinski definition) is 3. The molecule has 4 nitrogen and oxygen atoms in total. The minimum atomic E-state index is -1.29. The van der Waals surface area contributed by atoms with Gasteiger partial charge >= 0.3 is 5.97 Å². The number of nitrogens with two attached hydrogens (primary N) is 1. The van der Waals surface area contributed by atoms with Crippen molar-refractivity contribution in [1.29, 1.82) is 0 Å². The third-order valence-electron chi connectivity index (χ3n) is 1.81. The van der Waals surface area contributed by atoms with Crippen LogP contribution in [0.1, 0.15) is 15.9 Å². The number of hydrogen-bond acceptors (Lipinski definition) is 3. The lowest BCUT2D eigenvalue weighted by atomic mass is 10.1. The Labute approximate surface area is 85.5 Å². The van der Waals surface area contributed by atoms with E-state index < -0.39 is 11.8 Å². The van der Waals surface area contributed by atoms with Crippen molar-refractivity contribution in [1.82, 2.24) is 0 Å². The van der Waals surface area contributed by atoms with Crippen molar-refractivity contribution < 1.29 is 19.4 Å². The second kappa shape index (κ2) is 4.56. The van der Waals surface area contributed by atoms with Gasteiger partial charge in [0.1, 0.15) is 5.82 Å². The molecule has 4 N–H and O–H groups in total. The zero-order valence-electron chi connectivity index (χ0n) is 7.77. The molecule has 0 aliphatic carbocycles. The van der Waals surface area contributed by atoms with Gasteiger partial charge in [-0.3, -0.25) is 0 Å². The van der Waals surface area contributed by atoms with Gasteiger partial charge in [-0.05, 0) is 12.1 Å². The molecule has 0 bridgehead atoms. The Morgan fingerprint density at radius 1 is 1.53 bits per heavy atom. The fraction of sp³-hybridized carbons (Fsp3) is 0.100. The van der Waals surface area contributed by atoms with E-state index in [-0.39, 0.29) is 23.4 Å². The predicted molar refractivity (Wildman–Crippen MR) is 53.9 cm³/mol. The minimum absolute atomic E-state index is 0.0198. The molecule has 1 aromatic carbocycles. The van der Waals surface area contributed by atoms with Gasteiger partial charge in [-0.2, -0.15) is 0 Å². The molecule has 0 atom stereocenters. The van der Waals surface area contributed by atoms with E-state index in [1.165, 1.54) is 12.2 Å². The largest absolute Gasteiger partial charge is 0.478 e. The number of aliphatic hydroxyl groups is 1. The van der Waals surface area contributed by atoms with Crippen LogP contribution in [0.15, 0.2) is 18.2 Å². The molecule has 0 aliphatic rings. The highest BCUT2D eigenvalue weighted by atomic mass is 19.1. The first kappa shape index (κ1) is 11.2. The van der Waals surface area contributed by atoms with Crippen molar-refractivity contribution in [2.45, 2.75) is 0 Å². The Morgan fingerprint density at radius 3 is 2.73 bits per heavy atom. The van der Waals surface area contributed by atoms with Gasteiger partial charge in [0.05, 0.1) is 17.9 Å². The molecular formula is C10H10FNO3. The minimum Gasteiger partial charge on any atom is -0.478 e. The van der Waals surface area contributed by atoms with Gasteiger partial charge in [0.25, 0.3) is 0 Å². The van der Waals surface area contributed by atoms with E-state index in [4.69, 9.17) is 15.9 Å². The van der Waals surface area contributed by atoms with Crippen LogP contribution in [0.2, 0.25) is 0 Å². The Hall–Kier alpha value is -1.88. The van der Waals surface area contributed by atoms with Gasteiger partial charge in [-0.15, -0.1) is 0 Å². The van der Waals surface area contributed by atoms with Crippen molar-refractivity contribution in [3.63, 3.8) is 0 Å². The van der Waals surface area contributed by atoms with E-state index in [1.807, 2.05) is 0 Å². The Balaban J connectivity index is 3.28. The van der Waals surface area contributed by atoms with Crippen molar-refractivity contribution in [2.24, 2.45) is 0 Å². The van der Waals surface area contributed by atoms with Crippen LogP contribution >= 0.6 is 0 Å². The van der Waals surface area contributed by atoms with Crippen LogP contribution in [0.5, 0.6) is 0 Å². The summed E-state index contributed by atoms with van der Waals surface area (Å²) in [6.07, 6.45) is 2.71. The zero-order chi connectivity index (χ0) is 11.4. The molecule has 0 saturated heterocycles. The van der Waals surface area contributed by atoms with Gasteiger partial charge in [0.15, 0.2) is 0 Å². The van der Waals surface area contributed by atoms with E-state index >= 15 is 0 Å². The standard InChI is InChI=1S/C10H10FNO3/c11-7-4-6(2-1-3-13)9(12)8(5-7)10(14)15/h1-2,4-5,13H,3,12H2,(H,14,15). The number of aliphatic hydroxyl groups excluding tert-OH is 1. The van der Waals surface area contributed by atoms with Crippen LogP contribution in [-0.2, 0) is 0 Å². The molecule has 0 spiro atoms. The highest BCUT2D eigenvalue weighted by molar-refractivity contribution is 5.95. The maximum atomic E-state index is 13.0. The SMILES string of the molecule is Nc1c(C=CCO)cc(F)cc1C(=O)O. The number of nitrogen functional groups attached to an aromatic ring is 1. The van der Waals surface area contributed by atoms with Crippen molar-refractivity contribution >= 4 is 17.7 Å². The molecule has 0 saturated carbocycles.